The zero-order valence-electron chi connectivity index (χ0n) is 18.1. The molecule has 0 bridgehead atoms. The molecule has 0 amide bonds. The minimum atomic E-state index is -0.257. The molecule has 0 spiro atoms. The van der Waals surface area contributed by atoms with E-state index in [4.69, 9.17) is 40.1 Å². The Kier molecular flexibility index (Phi) is 6.98. The Labute approximate surface area is 192 Å². The molecule has 1 aromatic heterocycles. The lowest BCUT2D eigenvalue weighted by Gasteiger charge is -2.28. The molecule has 5 nitrogen and oxygen atoms in total. The molecule has 2 N–H and O–H groups in total. The molecule has 0 aliphatic heterocycles. The van der Waals surface area contributed by atoms with Crippen LogP contribution in [0.3, 0.4) is 0 Å². The van der Waals surface area contributed by atoms with Gasteiger partial charge in [0, 0.05) is 11.1 Å². The third-order valence-corrected chi connectivity index (χ3v) is 5.74. The number of nitrogens with one attached hydrogen (secondary N) is 1. The maximum Gasteiger partial charge on any atom is 0.168 e. The minimum absolute atomic E-state index is 0.0118. The lowest BCUT2D eigenvalue weighted by Crippen LogP contribution is -2.18. The molecule has 0 saturated heterocycles. The van der Waals surface area contributed by atoms with Crippen LogP contribution in [0.2, 0.25) is 15.2 Å². The number of benzene rings is 1. The van der Waals surface area contributed by atoms with Gasteiger partial charge in [0.1, 0.15) is 22.4 Å². The van der Waals surface area contributed by atoms with Crippen LogP contribution in [0.4, 0.5) is 5.82 Å². The van der Waals surface area contributed by atoms with Gasteiger partial charge in [-0.15, -0.1) is 0 Å². The number of aromatic nitrogens is 1. The van der Waals surface area contributed by atoms with Crippen molar-refractivity contribution < 1.29 is 5.11 Å². The van der Waals surface area contributed by atoms with Crippen molar-refractivity contribution in [3.8, 4) is 11.8 Å². The van der Waals surface area contributed by atoms with Gasteiger partial charge in [0.05, 0.1) is 10.7 Å². The van der Waals surface area contributed by atoms with Crippen LogP contribution in [0.5, 0.6) is 5.75 Å². The van der Waals surface area contributed by atoms with Crippen LogP contribution in [-0.4, -0.2) is 15.8 Å². The third kappa shape index (κ3) is 5.00. The normalized spacial score (nSPS) is 12.6. The fourth-order valence-electron chi connectivity index (χ4n) is 2.86. The number of rotatable bonds is 3. The summed E-state index contributed by atoms with van der Waals surface area (Å²) in [5, 5.41) is 24.4. The molecule has 30 heavy (non-hydrogen) atoms. The summed E-state index contributed by atoms with van der Waals surface area (Å²) in [6.45, 7) is 14.1. The topological polar surface area (TPSA) is 81.3 Å². The largest absolute Gasteiger partial charge is 0.507 e. The summed E-state index contributed by atoms with van der Waals surface area (Å²) in [5.74, 6) is 0.450. The van der Waals surface area contributed by atoms with Gasteiger partial charge in [0.15, 0.2) is 11.0 Å². The Morgan fingerprint density at radius 2 is 1.53 bits per heavy atom. The molecule has 0 saturated carbocycles. The molecule has 0 aliphatic rings. The Morgan fingerprint density at radius 1 is 1.03 bits per heavy atom. The number of phenols is 1. The zero-order chi connectivity index (χ0) is 23.0. The molecule has 160 valence electrons. The highest BCUT2D eigenvalue weighted by Crippen LogP contribution is 2.40. The zero-order valence-corrected chi connectivity index (χ0v) is 20.3. The number of aromatic hydroxyl groups is 1. The number of nitriles is 1. The van der Waals surface area contributed by atoms with Gasteiger partial charge in [0.2, 0.25) is 0 Å². The van der Waals surface area contributed by atoms with E-state index in [9.17, 15) is 5.11 Å². The van der Waals surface area contributed by atoms with Crippen molar-refractivity contribution in [1.29, 1.82) is 5.26 Å². The van der Waals surface area contributed by atoms with Crippen LogP contribution >= 0.6 is 34.8 Å². The predicted molar refractivity (Wildman–Crippen MR) is 125 cm³/mol. The van der Waals surface area contributed by atoms with Crippen molar-refractivity contribution in [2.24, 2.45) is 5.10 Å². The van der Waals surface area contributed by atoms with Gasteiger partial charge in [0.25, 0.3) is 0 Å². The van der Waals surface area contributed by atoms with E-state index >= 15 is 0 Å². The lowest BCUT2D eigenvalue weighted by molar-refractivity contribution is 0.423. The molecule has 0 atom stereocenters. The number of hydrogen-bond acceptors (Lipinski definition) is 5. The van der Waals surface area contributed by atoms with E-state index in [-0.39, 0.29) is 37.4 Å². The molecule has 0 aliphatic carbocycles. The predicted octanol–water partition coefficient (Wildman–Crippen LogP) is 7.05. The first-order valence-electron chi connectivity index (χ1n) is 9.31. The van der Waals surface area contributed by atoms with E-state index in [1.165, 1.54) is 0 Å². The number of halogens is 3. The molecule has 8 heteroatoms. The summed E-state index contributed by atoms with van der Waals surface area (Å²) < 4.78 is 0. The first kappa shape index (κ1) is 24.3. The van der Waals surface area contributed by atoms with Crippen molar-refractivity contribution in [2.45, 2.75) is 59.3 Å². The first-order chi connectivity index (χ1) is 13.7. The van der Waals surface area contributed by atoms with Crippen LogP contribution < -0.4 is 5.43 Å². The average molecular weight is 468 g/mol. The van der Waals surface area contributed by atoms with Crippen molar-refractivity contribution in [1.82, 2.24) is 4.98 Å². The van der Waals surface area contributed by atoms with Crippen LogP contribution in [0.15, 0.2) is 17.2 Å². The van der Waals surface area contributed by atoms with Crippen molar-refractivity contribution in [3.05, 3.63) is 49.6 Å². The molecular formula is C22H25Cl3N4O. The van der Waals surface area contributed by atoms with Gasteiger partial charge in [-0.3, -0.25) is 5.43 Å². The van der Waals surface area contributed by atoms with E-state index in [1.54, 1.807) is 0 Å². The fraction of sp³-hybridized carbons (Fsp3) is 0.409. The van der Waals surface area contributed by atoms with Crippen LogP contribution in [0.25, 0.3) is 0 Å². The molecule has 0 radical (unpaired) electrons. The standard InChI is InChI=1S/C22H25Cl3N4O/c1-11(28-29-20-17(24)16(23)13(10-26)19(25)27-20)12-8-14(21(2,3)4)18(30)15(9-12)22(5,6)7/h8-9,30H,1-7H3,(H,27,29)/b28-11+. The summed E-state index contributed by atoms with van der Waals surface area (Å²) in [4.78, 5) is 4.07. The van der Waals surface area contributed by atoms with Crippen LogP contribution in [0.1, 0.15) is 70.7 Å². The van der Waals surface area contributed by atoms with Gasteiger partial charge < -0.3 is 5.11 Å². The second-order valence-corrected chi connectivity index (χ2v) is 10.2. The smallest absolute Gasteiger partial charge is 0.168 e. The maximum atomic E-state index is 10.9. The summed E-state index contributed by atoms with van der Waals surface area (Å²) in [6.07, 6.45) is 0. The number of nitrogens with zero attached hydrogens (tertiary/aromatic N) is 3. The SMILES string of the molecule is C/C(=N\Nc1nc(Cl)c(C#N)c(Cl)c1Cl)c1cc(C(C)(C)C)c(O)c(C(C)(C)C)c1. The van der Waals surface area contributed by atoms with E-state index in [2.05, 4.69) is 15.5 Å². The van der Waals surface area contributed by atoms with Gasteiger partial charge >= 0.3 is 0 Å². The first-order valence-corrected chi connectivity index (χ1v) is 10.4. The van der Waals surface area contributed by atoms with Gasteiger partial charge in [-0.25, -0.2) is 4.98 Å². The van der Waals surface area contributed by atoms with Crippen molar-refractivity contribution in [3.63, 3.8) is 0 Å². The van der Waals surface area contributed by atoms with Crippen molar-refractivity contribution >= 4 is 46.3 Å². The molecule has 1 heterocycles. The second kappa shape index (κ2) is 8.63. The quantitative estimate of drug-likeness (QED) is 0.288. The van der Waals surface area contributed by atoms with Crippen molar-refractivity contribution in [2.75, 3.05) is 5.43 Å². The number of hydrogen-bond donors (Lipinski definition) is 2. The van der Waals surface area contributed by atoms with Gasteiger partial charge in [-0.1, -0.05) is 76.3 Å². The number of pyridine rings is 1. The Bertz CT molecular complexity index is 1020. The molecule has 0 unspecified atom stereocenters. The second-order valence-electron chi connectivity index (χ2n) is 9.09. The van der Waals surface area contributed by atoms with E-state index in [0.717, 1.165) is 16.7 Å². The van der Waals surface area contributed by atoms with Crippen LogP contribution in [-0.2, 0) is 10.8 Å². The fourth-order valence-corrected chi connectivity index (χ4v) is 3.53. The van der Waals surface area contributed by atoms with Gasteiger partial charge in [-0.2, -0.15) is 10.4 Å². The van der Waals surface area contributed by atoms with E-state index in [1.807, 2.05) is 66.7 Å². The summed E-state index contributed by atoms with van der Waals surface area (Å²) in [5.41, 5.74) is 5.44. The Balaban J connectivity index is 2.55. The minimum Gasteiger partial charge on any atom is -0.507 e. The Hall–Kier alpha value is -2.00. The molecular weight excluding hydrogens is 443 g/mol. The molecule has 2 aromatic rings. The molecule has 0 fully saturated rings. The summed E-state index contributed by atoms with van der Waals surface area (Å²) >= 11 is 18.3. The summed E-state index contributed by atoms with van der Waals surface area (Å²) in [6, 6.07) is 5.73. The highest BCUT2D eigenvalue weighted by atomic mass is 35.5. The highest BCUT2D eigenvalue weighted by molar-refractivity contribution is 6.45. The van der Waals surface area contributed by atoms with E-state index < -0.39 is 0 Å². The number of anilines is 1. The summed E-state index contributed by atoms with van der Waals surface area (Å²) in [7, 11) is 0. The average Bonchev–Trinajstić information content (AvgIpc) is 2.62. The monoisotopic (exact) mass is 466 g/mol. The van der Waals surface area contributed by atoms with Gasteiger partial charge in [-0.05, 0) is 35.4 Å². The lowest BCUT2D eigenvalue weighted by atomic mass is 9.78. The van der Waals surface area contributed by atoms with Crippen LogP contribution in [0, 0.1) is 11.3 Å². The Morgan fingerprint density at radius 3 is 1.97 bits per heavy atom. The number of phenolic OH excluding ortho intramolecular Hbond substituents is 1. The molecule has 2 rings (SSSR count). The number of hydrazone groups is 1. The highest BCUT2D eigenvalue weighted by Gasteiger charge is 2.27. The molecule has 1 aromatic carbocycles. The van der Waals surface area contributed by atoms with E-state index in [0.29, 0.717) is 11.5 Å². The third-order valence-electron chi connectivity index (χ3n) is 4.62. The maximum absolute atomic E-state index is 10.9.